The second-order valence-electron chi connectivity index (χ2n) is 3.21. The molecule has 0 bridgehead atoms. The fraction of sp³-hybridized carbons (Fsp3) is 0.857. The number of nitrogens with one attached hydrogen (secondary N) is 1. The summed E-state index contributed by atoms with van der Waals surface area (Å²) in [7, 11) is 0. The number of hydrogen-bond donors (Lipinski definition) is 1. The Labute approximate surface area is 73.9 Å². The molecule has 0 aromatic rings. The van der Waals surface area contributed by atoms with E-state index in [4.69, 9.17) is 0 Å². The maximum Gasteiger partial charge on any atom is 0.401 e. The molecule has 0 aromatic heterocycles. The molecule has 0 unspecified atom stereocenters. The minimum absolute atomic E-state index is 0.111. The van der Waals surface area contributed by atoms with E-state index in [1.165, 1.54) is 11.8 Å². The van der Waals surface area contributed by atoms with Crippen LogP contribution in [0.1, 0.15) is 6.92 Å². The molecule has 0 aliphatic carbocycles. The highest BCUT2D eigenvalue weighted by Crippen LogP contribution is 2.19. The first-order valence-corrected chi connectivity index (χ1v) is 3.93. The summed E-state index contributed by atoms with van der Waals surface area (Å²) in [5, 5.41) is 2.55. The first-order chi connectivity index (χ1) is 5.87. The average Bonchev–Trinajstić information content (AvgIpc) is 1.78. The Morgan fingerprint density at radius 2 is 2.08 bits per heavy atom. The topological polar surface area (TPSA) is 32.3 Å². The Morgan fingerprint density at radius 3 is 2.46 bits per heavy atom. The number of halogens is 3. The van der Waals surface area contributed by atoms with Crippen molar-refractivity contribution in [2.45, 2.75) is 19.1 Å². The third kappa shape index (κ3) is 3.63. The monoisotopic (exact) mass is 196 g/mol. The molecule has 6 heteroatoms. The lowest BCUT2D eigenvalue weighted by Crippen LogP contribution is -2.60. The quantitative estimate of drug-likeness (QED) is 0.692. The SMILES string of the molecule is CC(=O)NC1CN(CC(F)(F)F)C1. The molecular formula is C7H11F3N2O. The van der Waals surface area contributed by atoms with Crippen LogP contribution >= 0.6 is 0 Å². The largest absolute Gasteiger partial charge is 0.401 e. The van der Waals surface area contributed by atoms with Crippen molar-refractivity contribution < 1.29 is 18.0 Å². The summed E-state index contributed by atoms with van der Waals surface area (Å²) in [6.07, 6.45) is -4.14. The van der Waals surface area contributed by atoms with E-state index in [0.717, 1.165) is 0 Å². The van der Waals surface area contributed by atoms with Crippen molar-refractivity contribution in [3.63, 3.8) is 0 Å². The Kier molecular flexibility index (Phi) is 2.80. The third-order valence-electron chi connectivity index (χ3n) is 1.77. The van der Waals surface area contributed by atoms with Gasteiger partial charge in [-0.05, 0) is 0 Å². The predicted molar refractivity (Wildman–Crippen MR) is 40.1 cm³/mol. The van der Waals surface area contributed by atoms with Gasteiger partial charge in [0.05, 0.1) is 12.6 Å². The van der Waals surface area contributed by atoms with Crippen molar-refractivity contribution in [1.29, 1.82) is 0 Å². The first-order valence-electron chi connectivity index (χ1n) is 3.93. The van der Waals surface area contributed by atoms with Gasteiger partial charge in [-0.3, -0.25) is 9.69 Å². The van der Waals surface area contributed by atoms with E-state index < -0.39 is 12.7 Å². The number of alkyl halides is 3. The molecule has 1 N–H and O–H groups in total. The van der Waals surface area contributed by atoms with Crippen LogP contribution < -0.4 is 5.32 Å². The van der Waals surface area contributed by atoms with Gasteiger partial charge in [-0.15, -0.1) is 0 Å². The van der Waals surface area contributed by atoms with E-state index in [1.807, 2.05) is 0 Å². The highest BCUT2D eigenvalue weighted by Gasteiger charge is 2.37. The van der Waals surface area contributed by atoms with Gasteiger partial charge in [0.1, 0.15) is 0 Å². The van der Waals surface area contributed by atoms with E-state index in [-0.39, 0.29) is 11.9 Å². The highest BCUT2D eigenvalue weighted by molar-refractivity contribution is 5.73. The zero-order valence-electron chi connectivity index (χ0n) is 7.19. The summed E-state index contributed by atoms with van der Waals surface area (Å²) in [5.41, 5.74) is 0. The molecule has 1 heterocycles. The molecule has 1 saturated heterocycles. The van der Waals surface area contributed by atoms with Crippen LogP contribution in [0.2, 0.25) is 0 Å². The van der Waals surface area contributed by atoms with Gasteiger partial charge in [-0.25, -0.2) is 0 Å². The fourth-order valence-corrected chi connectivity index (χ4v) is 1.33. The van der Waals surface area contributed by atoms with Gasteiger partial charge < -0.3 is 5.32 Å². The Morgan fingerprint density at radius 1 is 1.54 bits per heavy atom. The van der Waals surface area contributed by atoms with Gasteiger partial charge in [-0.2, -0.15) is 13.2 Å². The number of carbonyl (C=O) groups excluding carboxylic acids is 1. The average molecular weight is 196 g/mol. The van der Waals surface area contributed by atoms with Crippen molar-refractivity contribution in [1.82, 2.24) is 10.2 Å². The summed E-state index contributed by atoms with van der Waals surface area (Å²) in [6.45, 7) is 1.05. The summed E-state index contributed by atoms with van der Waals surface area (Å²) in [4.78, 5) is 11.7. The maximum atomic E-state index is 11.8. The lowest BCUT2D eigenvalue weighted by Gasteiger charge is -2.39. The number of amides is 1. The standard InChI is InChI=1S/C7H11F3N2O/c1-5(13)11-6-2-12(3-6)4-7(8,9)10/h6H,2-4H2,1H3,(H,11,13). The summed E-state index contributed by atoms with van der Waals surface area (Å²) in [6, 6.07) is -0.111. The van der Waals surface area contributed by atoms with Crippen molar-refractivity contribution in [3.05, 3.63) is 0 Å². The molecule has 0 aromatic carbocycles. The molecule has 0 spiro atoms. The summed E-state index contributed by atoms with van der Waals surface area (Å²) >= 11 is 0. The molecule has 76 valence electrons. The van der Waals surface area contributed by atoms with E-state index >= 15 is 0 Å². The van der Waals surface area contributed by atoms with Crippen LogP contribution in [0.15, 0.2) is 0 Å². The zero-order chi connectivity index (χ0) is 10.1. The maximum absolute atomic E-state index is 11.8. The molecule has 1 rings (SSSR count). The Balaban J connectivity index is 2.15. The predicted octanol–water partition coefficient (Wildman–Crippen LogP) is 0.369. The summed E-state index contributed by atoms with van der Waals surface area (Å²) in [5.74, 6) is -0.198. The Hall–Kier alpha value is -0.780. The van der Waals surface area contributed by atoms with Crippen molar-refractivity contribution in [2.24, 2.45) is 0 Å². The normalized spacial score (nSPS) is 19.7. The number of nitrogens with zero attached hydrogens (tertiary/aromatic N) is 1. The molecule has 13 heavy (non-hydrogen) atoms. The lowest BCUT2D eigenvalue weighted by atomic mass is 10.1. The van der Waals surface area contributed by atoms with Crippen molar-refractivity contribution in [2.75, 3.05) is 19.6 Å². The van der Waals surface area contributed by atoms with Gasteiger partial charge in [0.15, 0.2) is 0 Å². The zero-order valence-corrected chi connectivity index (χ0v) is 7.19. The molecule has 0 atom stereocenters. The first kappa shape index (κ1) is 10.3. The van der Waals surface area contributed by atoms with Crippen LogP contribution in [0.3, 0.4) is 0 Å². The smallest absolute Gasteiger partial charge is 0.351 e. The van der Waals surface area contributed by atoms with Gasteiger partial charge in [0.2, 0.25) is 5.91 Å². The van der Waals surface area contributed by atoms with Gasteiger partial charge in [0, 0.05) is 20.0 Å². The molecule has 1 fully saturated rings. The Bertz CT molecular complexity index is 198. The second kappa shape index (κ2) is 3.53. The fourth-order valence-electron chi connectivity index (χ4n) is 1.33. The van der Waals surface area contributed by atoms with E-state index in [2.05, 4.69) is 5.32 Å². The molecule has 1 aliphatic rings. The molecule has 0 saturated carbocycles. The lowest BCUT2D eigenvalue weighted by molar-refractivity contribution is -0.156. The third-order valence-corrected chi connectivity index (χ3v) is 1.77. The van der Waals surface area contributed by atoms with Crippen molar-refractivity contribution >= 4 is 5.91 Å². The minimum Gasteiger partial charge on any atom is -0.351 e. The second-order valence-corrected chi connectivity index (χ2v) is 3.21. The number of hydrogen-bond acceptors (Lipinski definition) is 2. The molecular weight excluding hydrogens is 185 g/mol. The molecule has 3 nitrogen and oxygen atoms in total. The van der Waals surface area contributed by atoms with Crippen LogP contribution in [0.4, 0.5) is 13.2 Å². The van der Waals surface area contributed by atoms with Crippen LogP contribution in [-0.4, -0.2) is 42.7 Å². The van der Waals surface area contributed by atoms with Gasteiger partial charge in [0.25, 0.3) is 0 Å². The van der Waals surface area contributed by atoms with E-state index in [9.17, 15) is 18.0 Å². The van der Waals surface area contributed by atoms with Crippen LogP contribution in [0.25, 0.3) is 0 Å². The highest BCUT2D eigenvalue weighted by atomic mass is 19.4. The van der Waals surface area contributed by atoms with Crippen molar-refractivity contribution in [3.8, 4) is 0 Å². The molecule has 0 radical (unpaired) electrons. The van der Waals surface area contributed by atoms with E-state index in [1.54, 1.807) is 0 Å². The van der Waals surface area contributed by atoms with Crippen LogP contribution in [0.5, 0.6) is 0 Å². The molecule has 1 aliphatic heterocycles. The van der Waals surface area contributed by atoms with Gasteiger partial charge in [-0.1, -0.05) is 0 Å². The van der Waals surface area contributed by atoms with Crippen LogP contribution in [0, 0.1) is 0 Å². The van der Waals surface area contributed by atoms with Crippen LogP contribution in [-0.2, 0) is 4.79 Å². The minimum atomic E-state index is -4.14. The number of carbonyl (C=O) groups is 1. The molecule has 1 amide bonds. The summed E-state index contributed by atoms with van der Waals surface area (Å²) < 4.78 is 35.4. The van der Waals surface area contributed by atoms with E-state index in [0.29, 0.717) is 13.1 Å². The number of rotatable bonds is 2. The number of likely N-dealkylation sites (tertiary alicyclic amines) is 1. The van der Waals surface area contributed by atoms with Gasteiger partial charge >= 0.3 is 6.18 Å².